The monoisotopic (exact) mass is 620 g/mol. The van der Waals surface area contributed by atoms with Gasteiger partial charge >= 0.3 is 0 Å². The molecule has 4 heterocycles. The van der Waals surface area contributed by atoms with Gasteiger partial charge in [-0.15, -0.1) is 0 Å². The summed E-state index contributed by atoms with van der Waals surface area (Å²) >= 11 is 0. The molecule has 0 amide bonds. The molecule has 10 rings (SSSR count). The minimum absolute atomic E-state index is 0.330. The molecule has 1 atom stereocenters. The molecule has 0 spiro atoms. The quantitative estimate of drug-likeness (QED) is 0.205. The second kappa shape index (κ2) is 10.6. The number of anilines is 1. The Labute approximate surface area is 275 Å². The zero-order valence-electron chi connectivity index (χ0n) is 25.8. The summed E-state index contributed by atoms with van der Waals surface area (Å²) in [7, 11) is 0. The molecule has 1 unspecified atom stereocenters. The number of amidine groups is 2. The van der Waals surface area contributed by atoms with Crippen LogP contribution in [0.15, 0.2) is 152 Å². The average molecular weight is 621 g/mol. The first-order valence-corrected chi connectivity index (χ1v) is 16.2. The average Bonchev–Trinajstić information content (AvgIpc) is 3.73. The van der Waals surface area contributed by atoms with E-state index in [2.05, 4.69) is 95.6 Å². The van der Waals surface area contributed by atoms with Gasteiger partial charge in [0.1, 0.15) is 28.8 Å². The van der Waals surface area contributed by atoms with Gasteiger partial charge < -0.3 is 19.5 Å². The van der Waals surface area contributed by atoms with Crippen molar-refractivity contribution in [3.05, 3.63) is 156 Å². The van der Waals surface area contributed by atoms with Gasteiger partial charge in [0.25, 0.3) is 0 Å². The van der Waals surface area contributed by atoms with E-state index in [1.807, 2.05) is 54.6 Å². The fraction of sp³-hybridized carbons (Fsp3) is 0.0476. The lowest BCUT2D eigenvalue weighted by molar-refractivity contribution is 0.604. The van der Waals surface area contributed by atoms with Crippen molar-refractivity contribution in [3.8, 4) is 11.1 Å². The molecule has 0 bridgehead atoms. The summed E-state index contributed by atoms with van der Waals surface area (Å²) in [4.78, 5) is 10.5. The van der Waals surface area contributed by atoms with Crippen molar-refractivity contribution in [2.45, 2.75) is 6.17 Å². The maximum absolute atomic E-state index is 6.26. The molecule has 2 N–H and O–H groups in total. The highest BCUT2D eigenvalue weighted by atomic mass is 16.3. The second-order valence-electron chi connectivity index (χ2n) is 12.2. The van der Waals surface area contributed by atoms with Crippen LogP contribution in [0.25, 0.3) is 60.9 Å². The Kier molecular flexibility index (Phi) is 5.90. The first-order chi connectivity index (χ1) is 23.8. The number of hydrogen-bond donors (Lipinski definition) is 2. The summed E-state index contributed by atoms with van der Waals surface area (Å²) in [5, 5.41) is 12.7. The lowest BCUT2D eigenvalue weighted by atomic mass is 9.92. The third-order valence-electron chi connectivity index (χ3n) is 9.38. The predicted octanol–water partition coefficient (Wildman–Crippen LogP) is 10.1. The number of benzene rings is 6. The van der Waals surface area contributed by atoms with Crippen LogP contribution in [0, 0.1) is 0 Å². The highest BCUT2D eigenvalue weighted by Gasteiger charge is 2.26. The van der Waals surface area contributed by atoms with Crippen molar-refractivity contribution in [1.29, 1.82) is 0 Å². The molecule has 6 heteroatoms. The minimum atomic E-state index is -0.330. The fourth-order valence-electron chi connectivity index (χ4n) is 7.22. The molecule has 2 aliphatic heterocycles. The van der Waals surface area contributed by atoms with E-state index < -0.39 is 0 Å². The fourth-order valence-corrected chi connectivity index (χ4v) is 7.22. The Balaban J connectivity index is 1.18. The SMILES string of the molecule is C1=Cc2oc3cccc(C4=NC(c5ccccc5)NC(c5ccc(-c6cccc7oc8ccccc8c67)c6ccccc56)=N4)c3c2NC1. The molecule has 6 aromatic carbocycles. The van der Waals surface area contributed by atoms with Crippen LogP contribution in [-0.2, 0) is 0 Å². The number of nitrogens with zero attached hydrogens (tertiary/aromatic N) is 2. The molecule has 0 saturated carbocycles. The van der Waals surface area contributed by atoms with Crippen molar-refractivity contribution in [2.24, 2.45) is 9.98 Å². The Hall–Kier alpha value is -6.40. The van der Waals surface area contributed by atoms with Gasteiger partial charge in [0.2, 0.25) is 0 Å². The molecule has 0 fully saturated rings. The highest BCUT2D eigenvalue weighted by Crippen LogP contribution is 2.41. The number of nitrogens with one attached hydrogen (secondary N) is 2. The van der Waals surface area contributed by atoms with Crippen LogP contribution in [-0.4, -0.2) is 18.2 Å². The molecular formula is C42H28N4O2. The Morgan fingerprint density at radius 2 is 1.25 bits per heavy atom. The van der Waals surface area contributed by atoms with Crippen molar-refractivity contribution < 1.29 is 8.83 Å². The minimum Gasteiger partial charge on any atom is -0.456 e. The zero-order chi connectivity index (χ0) is 31.6. The van der Waals surface area contributed by atoms with Crippen LogP contribution >= 0.6 is 0 Å². The summed E-state index contributed by atoms with van der Waals surface area (Å²) in [5.41, 5.74) is 8.84. The van der Waals surface area contributed by atoms with E-state index in [4.69, 9.17) is 18.8 Å². The Morgan fingerprint density at radius 1 is 0.562 bits per heavy atom. The molecule has 8 aromatic rings. The van der Waals surface area contributed by atoms with Gasteiger partial charge in [-0.2, -0.15) is 0 Å². The van der Waals surface area contributed by atoms with Gasteiger partial charge in [0, 0.05) is 28.4 Å². The molecule has 6 nitrogen and oxygen atoms in total. The van der Waals surface area contributed by atoms with Crippen LogP contribution in [0.5, 0.6) is 0 Å². The van der Waals surface area contributed by atoms with Crippen molar-refractivity contribution in [1.82, 2.24) is 5.32 Å². The smallest absolute Gasteiger partial charge is 0.160 e. The molecule has 2 aliphatic rings. The molecular weight excluding hydrogens is 592 g/mol. The van der Waals surface area contributed by atoms with Gasteiger partial charge in [0.05, 0.1) is 11.1 Å². The van der Waals surface area contributed by atoms with Gasteiger partial charge in [0.15, 0.2) is 11.6 Å². The summed E-state index contributed by atoms with van der Waals surface area (Å²) < 4.78 is 12.5. The number of para-hydroxylation sites is 1. The second-order valence-corrected chi connectivity index (χ2v) is 12.2. The van der Waals surface area contributed by atoms with Gasteiger partial charge in [-0.05, 0) is 51.7 Å². The number of fused-ring (bicyclic) bond motifs is 7. The number of rotatable bonds is 4. The third-order valence-corrected chi connectivity index (χ3v) is 9.38. The third kappa shape index (κ3) is 4.12. The van der Waals surface area contributed by atoms with E-state index in [0.29, 0.717) is 5.84 Å². The number of hydrogen-bond acceptors (Lipinski definition) is 6. The summed E-state index contributed by atoms with van der Waals surface area (Å²) in [6.07, 6.45) is 3.77. The summed E-state index contributed by atoms with van der Waals surface area (Å²) in [5.74, 6) is 2.25. The van der Waals surface area contributed by atoms with Crippen LogP contribution in [0.3, 0.4) is 0 Å². The Morgan fingerprint density at radius 3 is 2.10 bits per heavy atom. The van der Waals surface area contributed by atoms with Gasteiger partial charge in [-0.1, -0.05) is 115 Å². The lowest BCUT2D eigenvalue weighted by Crippen LogP contribution is -2.33. The largest absolute Gasteiger partial charge is 0.456 e. The van der Waals surface area contributed by atoms with Crippen LogP contribution in [0.1, 0.15) is 28.6 Å². The first kappa shape index (κ1) is 26.8. The number of aliphatic imine (C=N–C) groups is 2. The molecule has 228 valence electrons. The normalized spacial score (nSPS) is 15.7. The van der Waals surface area contributed by atoms with E-state index in [0.717, 1.165) is 95.3 Å². The van der Waals surface area contributed by atoms with Crippen LogP contribution in [0.2, 0.25) is 0 Å². The van der Waals surface area contributed by atoms with Crippen LogP contribution < -0.4 is 10.6 Å². The number of furan rings is 2. The van der Waals surface area contributed by atoms with Crippen molar-refractivity contribution in [2.75, 3.05) is 11.9 Å². The summed E-state index contributed by atoms with van der Waals surface area (Å²) in [6.45, 7) is 0.742. The molecule has 0 aliphatic carbocycles. The van der Waals surface area contributed by atoms with Crippen molar-refractivity contribution >= 4 is 67.1 Å². The summed E-state index contributed by atoms with van der Waals surface area (Å²) in [6, 6.07) is 43.9. The van der Waals surface area contributed by atoms with E-state index in [1.54, 1.807) is 0 Å². The molecule has 0 saturated heterocycles. The maximum atomic E-state index is 6.26. The lowest BCUT2D eigenvalue weighted by Gasteiger charge is -2.25. The van der Waals surface area contributed by atoms with Crippen LogP contribution in [0.4, 0.5) is 5.69 Å². The zero-order valence-corrected chi connectivity index (χ0v) is 25.8. The van der Waals surface area contributed by atoms with E-state index in [1.165, 1.54) is 0 Å². The maximum Gasteiger partial charge on any atom is 0.160 e. The highest BCUT2D eigenvalue weighted by molar-refractivity contribution is 6.23. The predicted molar refractivity (Wildman–Crippen MR) is 196 cm³/mol. The van der Waals surface area contributed by atoms with Gasteiger partial charge in [-0.25, -0.2) is 9.98 Å². The molecule has 2 aromatic heterocycles. The van der Waals surface area contributed by atoms with Crippen molar-refractivity contribution in [3.63, 3.8) is 0 Å². The van der Waals surface area contributed by atoms with E-state index in [9.17, 15) is 0 Å². The first-order valence-electron chi connectivity index (χ1n) is 16.2. The molecule has 48 heavy (non-hydrogen) atoms. The standard InChI is InChI=1S/C42H28N4O2/c1-2-11-25(12-3-1)40-44-41(46-42(45-40)32-17-9-20-35-38(32)39-36(48-35)21-10-24-43-39)30-23-22-28(26-13-4-5-14-27(26)30)29-16-8-19-34-37(29)31-15-6-7-18-33(31)47-34/h1-23,40,43H,24H2,(H,44,45,46). The topological polar surface area (TPSA) is 75.1 Å². The van der Waals surface area contributed by atoms with Gasteiger partial charge in [-0.3, -0.25) is 0 Å². The van der Waals surface area contributed by atoms with E-state index >= 15 is 0 Å². The van der Waals surface area contributed by atoms with E-state index in [-0.39, 0.29) is 6.17 Å². The molecule has 0 radical (unpaired) electrons. The Bertz CT molecular complexity index is 2660.